The molecular weight excluding hydrogens is 377 g/mol. The average molecular weight is 392 g/mol. The lowest BCUT2D eigenvalue weighted by molar-refractivity contribution is -0.277. The minimum absolute atomic E-state index is 0.130. The van der Waals surface area contributed by atoms with Crippen molar-refractivity contribution in [3.8, 4) is 5.75 Å². The van der Waals surface area contributed by atoms with Gasteiger partial charge in [-0.1, -0.05) is 0 Å². The van der Waals surface area contributed by atoms with Gasteiger partial charge >= 0.3 is 11.8 Å². The monoisotopic (exact) mass is 392 g/mol. The van der Waals surface area contributed by atoms with Crippen molar-refractivity contribution in [3.63, 3.8) is 0 Å². The molecule has 1 fully saturated rings. The molecular formula is C16H15F3O8. The predicted octanol–water partition coefficient (Wildman–Crippen LogP) is -0.00950. The van der Waals surface area contributed by atoms with Crippen LogP contribution in [0.1, 0.15) is 5.56 Å². The topological polar surface area (TPSA) is 130 Å². The Balaban J connectivity index is 1.93. The highest BCUT2D eigenvalue weighted by Crippen LogP contribution is 2.35. The van der Waals surface area contributed by atoms with Crippen molar-refractivity contribution in [2.45, 2.75) is 36.9 Å². The second-order valence-corrected chi connectivity index (χ2v) is 5.95. The predicted molar refractivity (Wildman–Crippen MR) is 81.9 cm³/mol. The lowest BCUT2D eigenvalue weighted by Gasteiger charge is -2.39. The number of fused-ring (bicyclic) bond motifs is 1. The molecule has 1 aromatic carbocycles. The number of hydrogen-bond acceptors (Lipinski definition) is 8. The first kappa shape index (κ1) is 19.6. The third-order valence-corrected chi connectivity index (χ3v) is 4.12. The van der Waals surface area contributed by atoms with Crippen molar-refractivity contribution in [1.29, 1.82) is 0 Å². The van der Waals surface area contributed by atoms with Crippen molar-refractivity contribution in [3.05, 3.63) is 40.2 Å². The summed E-state index contributed by atoms with van der Waals surface area (Å²) in [7, 11) is 0. The Labute approximate surface area is 149 Å². The van der Waals surface area contributed by atoms with E-state index in [4.69, 9.17) is 19.0 Å². The Morgan fingerprint density at radius 1 is 1.07 bits per heavy atom. The minimum atomic E-state index is -4.77. The number of halogens is 3. The maximum Gasteiger partial charge on any atom is 0.417 e. The van der Waals surface area contributed by atoms with Crippen LogP contribution in [0.4, 0.5) is 13.2 Å². The summed E-state index contributed by atoms with van der Waals surface area (Å²) >= 11 is 0. The van der Waals surface area contributed by atoms with E-state index in [9.17, 15) is 33.3 Å². The third kappa shape index (κ3) is 3.77. The number of ether oxygens (including phenoxy) is 2. The summed E-state index contributed by atoms with van der Waals surface area (Å²) in [4.78, 5) is 11.4. The highest BCUT2D eigenvalue weighted by molar-refractivity contribution is 5.82. The number of rotatable bonds is 3. The fourth-order valence-corrected chi connectivity index (χ4v) is 2.75. The number of aliphatic hydroxyl groups excluding tert-OH is 4. The van der Waals surface area contributed by atoms with E-state index in [1.807, 2.05) is 0 Å². The number of alkyl halides is 3. The molecule has 1 aromatic heterocycles. The molecule has 27 heavy (non-hydrogen) atoms. The van der Waals surface area contributed by atoms with Crippen LogP contribution in [0.2, 0.25) is 0 Å². The van der Waals surface area contributed by atoms with Gasteiger partial charge in [-0.25, -0.2) is 4.79 Å². The first-order chi connectivity index (χ1) is 12.6. The van der Waals surface area contributed by atoms with Gasteiger partial charge in [0.1, 0.15) is 35.7 Å². The van der Waals surface area contributed by atoms with E-state index in [1.54, 1.807) is 0 Å². The highest BCUT2D eigenvalue weighted by Gasteiger charge is 2.44. The zero-order valence-electron chi connectivity index (χ0n) is 13.5. The number of aliphatic hydroxyl groups is 4. The van der Waals surface area contributed by atoms with Gasteiger partial charge in [-0.3, -0.25) is 0 Å². The molecule has 8 nitrogen and oxygen atoms in total. The molecule has 2 aromatic rings. The Morgan fingerprint density at radius 2 is 1.78 bits per heavy atom. The van der Waals surface area contributed by atoms with E-state index >= 15 is 0 Å². The summed E-state index contributed by atoms with van der Waals surface area (Å²) in [6, 6.07) is 3.47. The van der Waals surface area contributed by atoms with Crippen LogP contribution >= 0.6 is 0 Å². The van der Waals surface area contributed by atoms with Crippen LogP contribution in [0.3, 0.4) is 0 Å². The molecule has 0 unspecified atom stereocenters. The van der Waals surface area contributed by atoms with Gasteiger partial charge in [0, 0.05) is 17.5 Å². The Morgan fingerprint density at radius 3 is 2.41 bits per heavy atom. The van der Waals surface area contributed by atoms with Crippen molar-refractivity contribution < 1.29 is 47.5 Å². The van der Waals surface area contributed by atoms with E-state index in [-0.39, 0.29) is 11.1 Å². The number of hydrogen-bond donors (Lipinski definition) is 4. The van der Waals surface area contributed by atoms with E-state index < -0.39 is 60.3 Å². The van der Waals surface area contributed by atoms with Crippen LogP contribution in [0.25, 0.3) is 11.0 Å². The molecule has 0 radical (unpaired) electrons. The van der Waals surface area contributed by atoms with Crippen molar-refractivity contribution in [1.82, 2.24) is 0 Å². The fourth-order valence-electron chi connectivity index (χ4n) is 2.75. The first-order valence-corrected chi connectivity index (χ1v) is 7.74. The first-order valence-electron chi connectivity index (χ1n) is 7.74. The fraction of sp³-hybridized carbons (Fsp3) is 0.438. The Kier molecular flexibility index (Phi) is 5.14. The minimum Gasteiger partial charge on any atom is -0.462 e. The summed E-state index contributed by atoms with van der Waals surface area (Å²) < 4.78 is 54.3. The average Bonchev–Trinajstić information content (AvgIpc) is 2.60. The van der Waals surface area contributed by atoms with Crippen LogP contribution in [0.15, 0.2) is 33.5 Å². The molecule has 2 heterocycles. The summed E-state index contributed by atoms with van der Waals surface area (Å²) in [6.45, 7) is -0.674. The van der Waals surface area contributed by atoms with Gasteiger partial charge in [0.15, 0.2) is 0 Å². The van der Waals surface area contributed by atoms with Gasteiger partial charge in [-0.15, -0.1) is 0 Å². The number of benzene rings is 1. The van der Waals surface area contributed by atoms with Crippen molar-refractivity contribution >= 4 is 11.0 Å². The second kappa shape index (κ2) is 7.09. The molecule has 0 saturated carbocycles. The lowest BCUT2D eigenvalue weighted by atomic mass is 9.99. The molecule has 148 valence electrons. The molecule has 4 N–H and O–H groups in total. The zero-order valence-corrected chi connectivity index (χ0v) is 13.5. The summed E-state index contributed by atoms with van der Waals surface area (Å²) in [6.07, 6.45) is -12.5. The molecule has 3 rings (SSSR count). The van der Waals surface area contributed by atoms with Crippen LogP contribution in [-0.4, -0.2) is 57.7 Å². The third-order valence-electron chi connectivity index (χ3n) is 4.12. The quantitative estimate of drug-likeness (QED) is 0.537. The highest BCUT2D eigenvalue weighted by atomic mass is 19.4. The zero-order chi connectivity index (χ0) is 19.9. The smallest absolute Gasteiger partial charge is 0.417 e. The molecule has 11 heteroatoms. The standard InChI is InChI=1S/C16H15F3O8/c17-16(18,19)8-4-11(21)26-9-3-6(1-2-7(8)9)25-15-14(24)13(23)12(22)10(5-20)27-15/h1-4,10,12-15,20,22-24H,5H2/t10-,12+,13+,14-,15-/m1/s1. The van der Waals surface area contributed by atoms with Crippen molar-refractivity contribution in [2.75, 3.05) is 6.61 Å². The van der Waals surface area contributed by atoms with Gasteiger partial charge in [0.2, 0.25) is 6.29 Å². The van der Waals surface area contributed by atoms with Crippen LogP contribution in [-0.2, 0) is 10.9 Å². The van der Waals surface area contributed by atoms with Gasteiger partial charge < -0.3 is 34.3 Å². The van der Waals surface area contributed by atoms with E-state index in [0.717, 1.165) is 18.2 Å². The largest absolute Gasteiger partial charge is 0.462 e. The van der Waals surface area contributed by atoms with Crippen LogP contribution in [0.5, 0.6) is 5.75 Å². The Bertz CT molecular complexity index is 878. The van der Waals surface area contributed by atoms with Gasteiger partial charge in [-0.2, -0.15) is 13.2 Å². The Hall–Kier alpha value is -2.18. The second-order valence-electron chi connectivity index (χ2n) is 5.95. The van der Waals surface area contributed by atoms with E-state index in [0.29, 0.717) is 6.07 Å². The molecule has 0 spiro atoms. The van der Waals surface area contributed by atoms with Gasteiger partial charge in [-0.05, 0) is 12.1 Å². The summed E-state index contributed by atoms with van der Waals surface area (Å²) in [5.41, 5.74) is -2.79. The molecule has 1 saturated heterocycles. The molecule has 0 bridgehead atoms. The molecule has 1 aliphatic rings. The van der Waals surface area contributed by atoms with Crippen LogP contribution < -0.4 is 10.4 Å². The summed E-state index contributed by atoms with van der Waals surface area (Å²) in [5, 5.41) is 38.1. The van der Waals surface area contributed by atoms with Crippen molar-refractivity contribution in [2.24, 2.45) is 0 Å². The molecule has 1 aliphatic heterocycles. The lowest BCUT2D eigenvalue weighted by Crippen LogP contribution is -2.60. The molecule has 0 amide bonds. The SMILES string of the molecule is O=c1cc(C(F)(F)F)c2ccc(O[C@@H]3O[C@H](CO)[C@H](O)[C@H](O)[C@H]3O)cc2o1. The van der Waals surface area contributed by atoms with Crippen LogP contribution in [0, 0.1) is 0 Å². The maximum atomic E-state index is 13.0. The van der Waals surface area contributed by atoms with Gasteiger partial charge in [0.05, 0.1) is 12.2 Å². The van der Waals surface area contributed by atoms with Gasteiger partial charge in [0.25, 0.3) is 0 Å². The molecule has 5 atom stereocenters. The normalized spacial score (nSPS) is 29.1. The maximum absolute atomic E-state index is 13.0. The molecule has 0 aliphatic carbocycles. The van der Waals surface area contributed by atoms with E-state index in [2.05, 4.69) is 0 Å². The summed E-state index contributed by atoms with van der Waals surface area (Å²) in [5.74, 6) is -0.130. The van der Waals surface area contributed by atoms with E-state index in [1.165, 1.54) is 0 Å².